The van der Waals surface area contributed by atoms with Crippen LogP contribution in [0.3, 0.4) is 0 Å². The summed E-state index contributed by atoms with van der Waals surface area (Å²) in [5.74, 6) is 5.56. The molecule has 1 aromatic heterocycles. The second-order valence-corrected chi connectivity index (χ2v) is 9.95. The molecule has 39 heavy (non-hydrogen) atoms. The van der Waals surface area contributed by atoms with Crippen molar-refractivity contribution in [1.82, 2.24) is 9.88 Å². The predicted octanol–water partition coefficient (Wildman–Crippen LogP) is 5.87. The molecule has 0 saturated carbocycles. The zero-order valence-corrected chi connectivity index (χ0v) is 22.1. The summed E-state index contributed by atoms with van der Waals surface area (Å²) in [6, 6.07) is 29.3. The Morgan fingerprint density at radius 1 is 0.897 bits per heavy atom. The smallest absolute Gasteiger partial charge is 0.214 e. The summed E-state index contributed by atoms with van der Waals surface area (Å²) in [6.07, 6.45) is 3.83. The van der Waals surface area contributed by atoms with Crippen LogP contribution in [0.5, 0.6) is 5.88 Å². The van der Waals surface area contributed by atoms with Gasteiger partial charge in [-0.05, 0) is 61.5 Å². The van der Waals surface area contributed by atoms with Crippen LogP contribution >= 0.6 is 0 Å². The Bertz CT molecular complexity index is 1630. The highest BCUT2D eigenvalue weighted by Crippen LogP contribution is 2.48. The van der Waals surface area contributed by atoms with Crippen LogP contribution in [0, 0.1) is 11.8 Å². The molecule has 0 amide bonds. The SMILES string of the molecule is CN(C)CCC(O)(C1=C=C=Cc2ccccc21)C(c1ccccc1)c1cc(C#Cc2ccccc2)cnc1O. The van der Waals surface area contributed by atoms with Crippen LogP contribution < -0.4 is 0 Å². The van der Waals surface area contributed by atoms with E-state index in [-0.39, 0.29) is 5.88 Å². The molecule has 0 saturated heterocycles. The Morgan fingerprint density at radius 2 is 1.56 bits per heavy atom. The molecule has 1 aliphatic carbocycles. The summed E-state index contributed by atoms with van der Waals surface area (Å²) < 4.78 is 0. The fourth-order valence-corrected chi connectivity index (χ4v) is 5.03. The summed E-state index contributed by atoms with van der Waals surface area (Å²) in [5.41, 5.74) is 10.3. The van der Waals surface area contributed by atoms with Gasteiger partial charge in [0, 0.05) is 40.9 Å². The van der Waals surface area contributed by atoms with E-state index in [9.17, 15) is 10.2 Å². The molecule has 2 atom stereocenters. The molecule has 3 aromatic carbocycles. The highest BCUT2D eigenvalue weighted by molar-refractivity contribution is 5.82. The summed E-state index contributed by atoms with van der Waals surface area (Å²) >= 11 is 0. The molecule has 192 valence electrons. The van der Waals surface area contributed by atoms with Crippen molar-refractivity contribution in [2.45, 2.75) is 17.9 Å². The summed E-state index contributed by atoms with van der Waals surface area (Å²) in [4.78, 5) is 6.36. The second-order valence-electron chi connectivity index (χ2n) is 9.95. The van der Waals surface area contributed by atoms with Gasteiger partial charge in [-0.25, -0.2) is 4.98 Å². The Morgan fingerprint density at radius 3 is 2.31 bits per heavy atom. The van der Waals surface area contributed by atoms with E-state index in [2.05, 4.69) is 28.3 Å². The van der Waals surface area contributed by atoms with Gasteiger partial charge >= 0.3 is 0 Å². The molecule has 2 unspecified atom stereocenters. The first kappa shape index (κ1) is 26.0. The van der Waals surface area contributed by atoms with Crippen LogP contribution in [0.2, 0.25) is 0 Å². The molecule has 0 spiro atoms. The predicted molar refractivity (Wildman–Crippen MR) is 156 cm³/mol. The number of aromatic hydroxyl groups is 1. The lowest BCUT2D eigenvalue weighted by atomic mass is 9.69. The normalized spacial score (nSPS) is 14.1. The van der Waals surface area contributed by atoms with E-state index in [1.165, 1.54) is 0 Å². The third kappa shape index (κ3) is 5.64. The van der Waals surface area contributed by atoms with Crippen LogP contribution in [0.15, 0.2) is 109 Å². The van der Waals surface area contributed by atoms with Crippen molar-refractivity contribution in [3.05, 3.63) is 142 Å². The van der Waals surface area contributed by atoms with Crippen LogP contribution in [0.1, 0.15) is 45.7 Å². The number of hydrogen-bond acceptors (Lipinski definition) is 4. The van der Waals surface area contributed by atoms with E-state index in [1.807, 2.05) is 116 Å². The highest BCUT2D eigenvalue weighted by Gasteiger charge is 2.45. The van der Waals surface area contributed by atoms with Crippen LogP contribution in [0.25, 0.3) is 11.6 Å². The van der Waals surface area contributed by atoms with Gasteiger partial charge in [0.05, 0.1) is 0 Å². The van der Waals surface area contributed by atoms with Crippen LogP contribution in [-0.2, 0) is 0 Å². The van der Waals surface area contributed by atoms with E-state index in [0.717, 1.165) is 22.3 Å². The number of rotatable bonds is 7. The van der Waals surface area contributed by atoms with Crippen LogP contribution in [0.4, 0.5) is 0 Å². The average molecular weight is 511 g/mol. The number of benzene rings is 3. The maximum atomic E-state index is 12.9. The Balaban J connectivity index is 1.72. The standard InChI is InChI=1S/C35H30N2O2/c1-37(2)23-22-35(39,32-19-11-17-28-14-9-10-18-30(28)32)33(29-15-7-4-8-16-29)31-24-27(25-36-34(31)38)21-20-26-12-5-3-6-13-26/h3-10,12-18,24-25,33,39H,22-23H2,1-2H3,(H,36,38). The van der Waals surface area contributed by atoms with Crippen molar-refractivity contribution in [3.8, 4) is 17.7 Å². The number of hydrogen-bond donors (Lipinski definition) is 2. The van der Waals surface area contributed by atoms with Gasteiger partial charge in [-0.15, -0.1) is 0 Å². The van der Waals surface area contributed by atoms with Crippen molar-refractivity contribution in [2.75, 3.05) is 20.6 Å². The zero-order valence-electron chi connectivity index (χ0n) is 22.1. The lowest BCUT2D eigenvalue weighted by molar-refractivity contribution is 0.0659. The van der Waals surface area contributed by atoms with Crippen molar-refractivity contribution >= 4 is 11.6 Å². The van der Waals surface area contributed by atoms with E-state index in [0.29, 0.717) is 29.7 Å². The molecule has 1 heterocycles. The topological polar surface area (TPSA) is 56.6 Å². The first-order valence-corrected chi connectivity index (χ1v) is 13.0. The minimum Gasteiger partial charge on any atom is -0.493 e. The monoisotopic (exact) mass is 510 g/mol. The summed E-state index contributed by atoms with van der Waals surface area (Å²) in [5, 5.41) is 24.0. The molecule has 4 aromatic rings. The van der Waals surface area contributed by atoms with Crippen molar-refractivity contribution in [1.29, 1.82) is 0 Å². The maximum absolute atomic E-state index is 12.9. The first-order valence-electron chi connectivity index (χ1n) is 13.0. The fraction of sp³-hybridized carbons (Fsp3) is 0.171. The van der Waals surface area contributed by atoms with Crippen molar-refractivity contribution in [3.63, 3.8) is 0 Å². The Kier molecular flexibility index (Phi) is 7.62. The van der Waals surface area contributed by atoms with Gasteiger partial charge in [0.25, 0.3) is 0 Å². The molecule has 0 aliphatic heterocycles. The largest absolute Gasteiger partial charge is 0.493 e. The molecule has 2 N–H and O–H groups in total. The summed E-state index contributed by atoms with van der Waals surface area (Å²) in [7, 11) is 3.96. The van der Waals surface area contributed by atoms with Gasteiger partial charge in [-0.2, -0.15) is 0 Å². The van der Waals surface area contributed by atoms with Gasteiger partial charge in [0.15, 0.2) is 0 Å². The Hall–Kier alpha value is -4.61. The number of fused-ring (bicyclic) bond motifs is 1. The first-order chi connectivity index (χ1) is 19.0. The highest BCUT2D eigenvalue weighted by atomic mass is 16.3. The van der Waals surface area contributed by atoms with E-state index < -0.39 is 11.5 Å². The lowest BCUT2D eigenvalue weighted by Crippen LogP contribution is -2.41. The third-order valence-corrected chi connectivity index (χ3v) is 6.97. The number of aromatic nitrogens is 1. The third-order valence-electron chi connectivity index (χ3n) is 6.97. The lowest BCUT2D eigenvalue weighted by Gasteiger charge is -2.39. The van der Waals surface area contributed by atoms with E-state index in [4.69, 9.17) is 0 Å². The van der Waals surface area contributed by atoms with Crippen molar-refractivity contribution < 1.29 is 10.2 Å². The molecule has 0 fully saturated rings. The minimum absolute atomic E-state index is 0.137. The molecule has 0 bridgehead atoms. The van der Waals surface area contributed by atoms with Gasteiger partial charge in [-0.1, -0.05) is 96.1 Å². The molecule has 4 heteroatoms. The quantitative estimate of drug-likeness (QED) is 0.241. The minimum atomic E-state index is -1.45. The van der Waals surface area contributed by atoms with E-state index in [1.54, 1.807) is 6.20 Å². The molecule has 1 aliphatic rings. The molecular formula is C35H30N2O2. The molecular weight excluding hydrogens is 480 g/mol. The van der Waals surface area contributed by atoms with Gasteiger partial charge < -0.3 is 15.1 Å². The number of nitrogens with zero attached hydrogens (tertiary/aromatic N) is 2. The van der Waals surface area contributed by atoms with Gasteiger partial charge in [-0.3, -0.25) is 0 Å². The Labute approximate surface area is 229 Å². The fourth-order valence-electron chi connectivity index (χ4n) is 5.03. The van der Waals surface area contributed by atoms with Gasteiger partial charge in [0.1, 0.15) is 5.60 Å². The average Bonchev–Trinajstić information content (AvgIpc) is 2.97. The number of aliphatic hydroxyl groups is 1. The van der Waals surface area contributed by atoms with Gasteiger partial charge in [0.2, 0.25) is 5.88 Å². The maximum Gasteiger partial charge on any atom is 0.214 e. The molecule has 0 radical (unpaired) electrons. The zero-order chi connectivity index (χ0) is 27.2. The second kappa shape index (κ2) is 11.4. The molecule has 5 rings (SSSR count). The summed E-state index contributed by atoms with van der Waals surface area (Å²) in [6.45, 7) is 0.610. The van der Waals surface area contributed by atoms with Crippen molar-refractivity contribution in [2.24, 2.45) is 0 Å². The van der Waals surface area contributed by atoms with E-state index >= 15 is 0 Å². The number of pyridine rings is 1. The van der Waals surface area contributed by atoms with Crippen LogP contribution in [-0.4, -0.2) is 46.3 Å². The molecule has 4 nitrogen and oxygen atoms in total.